The van der Waals surface area contributed by atoms with Gasteiger partial charge in [0.05, 0.1) is 19.2 Å². The molecule has 0 aliphatic carbocycles. The summed E-state index contributed by atoms with van der Waals surface area (Å²) in [4.78, 5) is 4.30. The third-order valence-corrected chi connectivity index (χ3v) is 3.23. The maximum absolute atomic E-state index is 6.15. The maximum Gasteiger partial charge on any atom is 0.227 e. The van der Waals surface area contributed by atoms with Crippen LogP contribution in [0.3, 0.4) is 0 Å². The van der Waals surface area contributed by atoms with Gasteiger partial charge in [0.15, 0.2) is 11.5 Å². The Morgan fingerprint density at radius 1 is 1.25 bits per heavy atom. The SMILES string of the molecule is COc1cc(-c2noc(CCCCl)n2)cc(Cl)c1OC. The molecule has 1 aromatic heterocycles. The van der Waals surface area contributed by atoms with Crippen molar-refractivity contribution in [2.75, 3.05) is 20.1 Å². The molecule has 0 amide bonds. The highest BCUT2D eigenvalue weighted by Gasteiger charge is 2.15. The lowest BCUT2D eigenvalue weighted by atomic mass is 10.2. The van der Waals surface area contributed by atoms with Crippen LogP contribution in [0.5, 0.6) is 11.5 Å². The predicted molar refractivity (Wildman–Crippen MR) is 76.9 cm³/mol. The molecule has 108 valence electrons. The molecular weight excluding hydrogens is 303 g/mol. The molecule has 0 fully saturated rings. The van der Waals surface area contributed by atoms with Crippen LogP contribution >= 0.6 is 23.2 Å². The summed E-state index contributed by atoms with van der Waals surface area (Å²) in [7, 11) is 3.07. The van der Waals surface area contributed by atoms with Crippen LogP contribution in [-0.4, -0.2) is 30.2 Å². The van der Waals surface area contributed by atoms with Gasteiger partial charge < -0.3 is 14.0 Å². The second-order valence-electron chi connectivity index (χ2n) is 4.00. The Morgan fingerprint density at radius 2 is 2.05 bits per heavy atom. The van der Waals surface area contributed by atoms with E-state index in [1.807, 2.05) is 0 Å². The van der Waals surface area contributed by atoms with Crippen LogP contribution in [0.4, 0.5) is 0 Å². The van der Waals surface area contributed by atoms with Crippen molar-refractivity contribution in [3.05, 3.63) is 23.0 Å². The second-order valence-corrected chi connectivity index (χ2v) is 4.78. The molecule has 0 atom stereocenters. The van der Waals surface area contributed by atoms with Crippen molar-refractivity contribution < 1.29 is 14.0 Å². The Hall–Kier alpha value is -1.46. The number of aromatic nitrogens is 2. The molecule has 0 saturated carbocycles. The lowest BCUT2D eigenvalue weighted by Gasteiger charge is -2.10. The topological polar surface area (TPSA) is 57.4 Å². The molecule has 20 heavy (non-hydrogen) atoms. The summed E-state index contributed by atoms with van der Waals surface area (Å²) in [6, 6.07) is 3.46. The zero-order valence-electron chi connectivity index (χ0n) is 11.2. The summed E-state index contributed by atoms with van der Waals surface area (Å²) >= 11 is 11.8. The Kier molecular flexibility index (Phi) is 5.09. The third kappa shape index (κ3) is 3.16. The standard InChI is InChI=1S/C13H14Cl2N2O3/c1-18-10-7-8(6-9(15)12(10)19-2)13-16-11(20-17-13)4-3-5-14/h6-7H,3-5H2,1-2H3. The molecule has 0 spiro atoms. The Balaban J connectivity index is 2.32. The Morgan fingerprint density at radius 3 is 2.70 bits per heavy atom. The minimum atomic E-state index is 0.425. The Bertz CT molecular complexity index is 587. The number of halogens is 2. The molecule has 0 radical (unpaired) electrons. The third-order valence-electron chi connectivity index (χ3n) is 2.68. The number of hydrogen-bond donors (Lipinski definition) is 0. The summed E-state index contributed by atoms with van der Waals surface area (Å²) in [6.45, 7) is 0. The van der Waals surface area contributed by atoms with Gasteiger partial charge in [-0.05, 0) is 18.6 Å². The number of rotatable bonds is 6. The highest BCUT2D eigenvalue weighted by atomic mass is 35.5. The van der Waals surface area contributed by atoms with Crippen molar-refractivity contribution in [3.63, 3.8) is 0 Å². The predicted octanol–water partition coefficient (Wildman–Crippen LogP) is 3.58. The molecule has 0 aliphatic heterocycles. The molecular formula is C13H14Cl2N2O3. The smallest absolute Gasteiger partial charge is 0.227 e. The van der Waals surface area contributed by atoms with Gasteiger partial charge in [0, 0.05) is 17.9 Å². The van der Waals surface area contributed by atoms with E-state index in [1.165, 1.54) is 7.11 Å². The monoisotopic (exact) mass is 316 g/mol. The van der Waals surface area contributed by atoms with E-state index in [4.69, 9.17) is 37.2 Å². The van der Waals surface area contributed by atoms with Gasteiger partial charge in [-0.2, -0.15) is 4.98 Å². The fraction of sp³-hybridized carbons (Fsp3) is 0.385. The van der Waals surface area contributed by atoms with Gasteiger partial charge in [-0.1, -0.05) is 16.8 Å². The largest absolute Gasteiger partial charge is 0.493 e. The van der Waals surface area contributed by atoms with E-state index < -0.39 is 0 Å². The summed E-state index contributed by atoms with van der Waals surface area (Å²) < 4.78 is 15.6. The molecule has 7 heteroatoms. The Labute approximate surface area is 126 Å². The molecule has 0 aliphatic rings. The minimum absolute atomic E-state index is 0.425. The number of hydrogen-bond acceptors (Lipinski definition) is 5. The van der Waals surface area contributed by atoms with Gasteiger partial charge in [0.1, 0.15) is 0 Å². The van der Waals surface area contributed by atoms with E-state index in [9.17, 15) is 0 Å². The fourth-order valence-electron chi connectivity index (χ4n) is 1.74. The van der Waals surface area contributed by atoms with Crippen LogP contribution in [0.15, 0.2) is 16.7 Å². The van der Waals surface area contributed by atoms with Crippen LogP contribution in [0.2, 0.25) is 5.02 Å². The van der Waals surface area contributed by atoms with Crippen LogP contribution in [0, 0.1) is 0 Å². The number of nitrogens with zero attached hydrogens (tertiary/aromatic N) is 2. The number of alkyl halides is 1. The van der Waals surface area contributed by atoms with Crippen molar-refractivity contribution in [1.29, 1.82) is 0 Å². The molecule has 5 nitrogen and oxygen atoms in total. The number of ether oxygens (including phenoxy) is 2. The molecule has 2 rings (SSSR count). The summed E-state index contributed by atoms with van der Waals surface area (Å²) in [5, 5.41) is 4.35. The minimum Gasteiger partial charge on any atom is -0.493 e. The number of benzene rings is 1. The van der Waals surface area contributed by atoms with E-state index in [-0.39, 0.29) is 0 Å². The van der Waals surface area contributed by atoms with Crippen LogP contribution < -0.4 is 9.47 Å². The molecule has 1 aromatic carbocycles. The highest BCUT2D eigenvalue weighted by molar-refractivity contribution is 6.32. The molecule has 0 unspecified atom stereocenters. The zero-order chi connectivity index (χ0) is 14.5. The summed E-state index contributed by atoms with van der Waals surface area (Å²) in [5.41, 5.74) is 0.702. The van der Waals surface area contributed by atoms with E-state index in [2.05, 4.69) is 10.1 Å². The summed E-state index contributed by atoms with van der Waals surface area (Å²) in [6.07, 6.45) is 1.44. The van der Waals surface area contributed by atoms with Crippen molar-refractivity contribution in [1.82, 2.24) is 10.1 Å². The number of methoxy groups -OCH3 is 2. The van der Waals surface area contributed by atoms with Crippen molar-refractivity contribution in [3.8, 4) is 22.9 Å². The van der Waals surface area contributed by atoms with Crippen molar-refractivity contribution >= 4 is 23.2 Å². The van der Waals surface area contributed by atoms with Gasteiger partial charge in [0.2, 0.25) is 11.7 Å². The van der Waals surface area contributed by atoms with Crippen molar-refractivity contribution in [2.45, 2.75) is 12.8 Å². The highest BCUT2D eigenvalue weighted by Crippen LogP contribution is 2.38. The first-order valence-electron chi connectivity index (χ1n) is 6.00. The van der Waals surface area contributed by atoms with Crippen molar-refractivity contribution in [2.24, 2.45) is 0 Å². The van der Waals surface area contributed by atoms with Crippen LogP contribution in [0.1, 0.15) is 12.3 Å². The molecule has 0 saturated heterocycles. The molecule has 1 heterocycles. The normalized spacial score (nSPS) is 10.6. The summed E-state index contributed by atoms with van der Waals surface area (Å²) in [5.74, 6) is 2.55. The van der Waals surface area contributed by atoms with E-state index in [1.54, 1.807) is 19.2 Å². The zero-order valence-corrected chi connectivity index (χ0v) is 12.7. The maximum atomic E-state index is 6.15. The first-order valence-corrected chi connectivity index (χ1v) is 6.91. The quantitative estimate of drug-likeness (QED) is 0.762. The van der Waals surface area contributed by atoms with Gasteiger partial charge in [-0.3, -0.25) is 0 Å². The lowest BCUT2D eigenvalue weighted by molar-refractivity contribution is 0.355. The van der Waals surface area contributed by atoms with E-state index in [0.29, 0.717) is 46.1 Å². The van der Waals surface area contributed by atoms with Crippen LogP contribution in [-0.2, 0) is 6.42 Å². The molecule has 0 bridgehead atoms. The van der Waals surface area contributed by atoms with Gasteiger partial charge in [-0.25, -0.2) is 0 Å². The number of aryl methyl sites for hydroxylation is 1. The van der Waals surface area contributed by atoms with E-state index in [0.717, 1.165) is 6.42 Å². The lowest BCUT2D eigenvalue weighted by Crippen LogP contribution is -1.93. The average Bonchev–Trinajstić information content (AvgIpc) is 2.93. The van der Waals surface area contributed by atoms with E-state index >= 15 is 0 Å². The van der Waals surface area contributed by atoms with Gasteiger partial charge in [-0.15, -0.1) is 11.6 Å². The fourth-order valence-corrected chi connectivity index (χ4v) is 2.16. The average molecular weight is 317 g/mol. The molecule has 2 aromatic rings. The second kappa shape index (κ2) is 6.81. The first kappa shape index (κ1) is 14.9. The van der Waals surface area contributed by atoms with Gasteiger partial charge >= 0.3 is 0 Å². The first-order chi connectivity index (χ1) is 9.69. The van der Waals surface area contributed by atoms with Gasteiger partial charge in [0.25, 0.3) is 0 Å². The molecule has 0 N–H and O–H groups in total. The van der Waals surface area contributed by atoms with Crippen LogP contribution in [0.25, 0.3) is 11.4 Å².